The summed E-state index contributed by atoms with van der Waals surface area (Å²) in [6.45, 7) is 5.10. The van der Waals surface area contributed by atoms with Crippen molar-refractivity contribution in [2.24, 2.45) is 0 Å². The largest absolute Gasteiger partial charge is 0.486 e. The number of benzene rings is 1. The molecule has 2 aliphatic rings. The van der Waals surface area contributed by atoms with Crippen LogP contribution in [0.2, 0.25) is 0 Å². The Bertz CT molecular complexity index is 529. The molecule has 120 valence electrons. The highest BCUT2D eigenvalue weighted by atomic mass is 16.6. The van der Waals surface area contributed by atoms with E-state index in [0.29, 0.717) is 26.4 Å². The number of carbonyl (C=O) groups is 1. The number of carbonyl (C=O) groups excluding carboxylic acids is 1. The second-order valence-electron chi connectivity index (χ2n) is 5.44. The van der Waals surface area contributed by atoms with Crippen LogP contribution >= 0.6 is 0 Å². The van der Waals surface area contributed by atoms with Crippen LogP contribution in [0.3, 0.4) is 0 Å². The highest BCUT2D eigenvalue weighted by Gasteiger charge is 2.25. The van der Waals surface area contributed by atoms with Crippen LogP contribution in [0.1, 0.15) is 24.9 Å². The molecule has 0 spiro atoms. The van der Waals surface area contributed by atoms with E-state index in [1.807, 2.05) is 25.1 Å². The summed E-state index contributed by atoms with van der Waals surface area (Å²) in [5.74, 6) is 1.43. The third kappa shape index (κ3) is 3.34. The number of fused-ring (bicyclic) bond motifs is 1. The van der Waals surface area contributed by atoms with Crippen molar-refractivity contribution in [2.45, 2.75) is 25.5 Å². The van der Waals surface area contributed by atoms with Crippen molar-refractivity contribution < 1.29 is 19.0 Å². The van der Waals surface area contributed by atoms with Gasteiger partial charge in [-0.2, -0.15) is 0 Å². The Hall–Kier alpha value is -1.79. The van der Waals surface area contributed by atoms with Crippen LogP contribution in [0.25, 0.3) is 0 Å². The molecule has 1 aromatic carbocycles. The summed E-state index contributed by atoms with van der Waals surface area (Å²) in [5, 5.41) is 6.22. The summed E-state index contributed by atoms with van der Waals surface area (Å²) >= 11 is 0. The number of hydrogen-bond donors (Lipinski definition) is 2. The van der Waals surface area contributed by atoms with E-state index in [2.05, 4.69) is 10.6 Å². The Balaban J connectivity index is 1.69. The molecule has 0 aromatic heterocycles. The molecule has 2 aliphatic heterocycles. The van der Waals surface area contributed by atoms with E-state index in [-0.39, 0.29) is 11.9 Å². The van der Waals surface area contributed by atoms with Crippen molar-refractivity contribution in [1.82, 2.24) is 10.6 Å². The highest BCUT2D eigenvalue weighted by Crippen LogP contribution is 2.33. The molecule has 3 rings (SSSR count). The number of rotatable bonds is 4. The van der Waals surface area contributed by atoms with Crippen LogP contribution in [0.15, 0.2) is 18.2 Å². The predicted octanol–water partition coefficient (Wildman–Crippen LogP) is 1.01. The van der Waals surface area contributed by atoms with Gasteiger partial charge in [0.05, 0.1) is 12.6 Å². The molecule has 1 amide bonds. The lowest BCUT2D eigenvalue weighted by atomic mass is 10.0. The molecule has 22 heavy (non-hydrogen) atoms. The minimum atomic E-state index is -0.417. The topological polar surface area (TPSA) is 68.8 Å². The van der Waals surface area contributed by atoms with E-state index < -0.39 is 6.10 Å². The Kier molecular flexibility index (Phi) is 4.80. The van der Waals surface area contributed by atoms with Gasteiger partial charge in [0.1, 0.15) is 19.3 Å². The number of amides is 1. The molecule has 0 radical (unpaired) electrons. The normalized spacial score (nSPS) is 22.0. The van der Waals surface area contributed by atoms with E-state index in [1.54, 1.807) is 0 Å². The van der Waals surface area contributed by atoms with Crippen molar-refractivity contribution in [3.8, 4) is 11.5 Å². The van der Waals surface area contributed by atoms with Gasteiger partial charge >= 0.3 is 0 Å². The summed E-state index contributed by atoms with van der Waals surface area (Å²) in [7, 11) is 0. The number of hydrogen-bond acceptors (Lipinski definition) is 5. The van der Waals surface area contributed by atoms with Gasteiger partial charge in [0.2, 0.25) is 0 Å². The Morgan fingerprint density at radius 1 is 1.32 bits per heavy atom. The summed E-state index contributed by atoms with van der Waals surface area (Å²) < 4.78 is 16.6. The van der Waals surface area contributed by atoms with Crippen molar-refractivity contribution in [2.75, 3.05) is 32.9 Å². The van der Waals surface area contributed by atoms with Gasteiger partial charge in [-0.05, 0) is 24.1 Å². The molecule has 1 fully saturated rings. The van der Waals surface area contributed by atoms with E-state index >= 15 is 0 Å². The molecule has 2 atom stereocenters. The molecular weight excluding hydrogens is 284 g/mol. The third-order valence-electron chi connectivity index (χ3n) is 3.91. The molecule has 1 aromatic rings. The fraction of sp³-hybridized carbons (Fsp3) is 0.562. The van der Waals surface area contributed by atoms with Crippen LogP contribution in [0, 0.1) is 0 Å². The predicted molar refractivity (Wildman–Crippen MR) is 81.2 cm³/mol. The smallest absolute Gasteiger partial charge is 0.250 e. The number of nitrogens with one attached hydrogen (secondary N) is 2. The molecule has 0 bridgehead atoms. The lowest BCUT2D eigenvalue weighted by Crippen LogP contribution is -2.48. The van der Waals surface area contributed by atoms with Gasteiger partial charge in [-0.25, -0.2) is 0 Å². The highest BCUT2D eigenvalue weighted by molar-refractivity contribution is 5.81. The monoisotopic (exact) mass is 306 g/mol. The average molecular weight is 306 g/mol. The standard InChI is InChI=1S/C16H22N2O4/c1-2-12(18-16(19)15-10-17-5-6-20-15)11-3-4-13-14(9-11)22-8-7-21-13/h3-4,9,12,15,17H,2,5-8,10H2,1H3,(H,18,19). The van der Waals surface area contributed by atoms with Crippen LogP contribution in [0.5, 0.6) is 11.5 Å². The van der Waals surface area contributed by atoms with Gasteiger partial charge in [-0.15, -0.1) is 0 Å². The first-order valence-corrected chi connectivity index (χ1v) is 7.80. The van der Waals surface area contributed by atoms with Gasteiger partial charge in [0.25, 0.3) is 5.91 Å². The molecule has 0 aliphatic carbocycles. The number of morpholine rings is 1. The van der Waals surface area contributed by atoms with Crippen LogP contribution in [-0.2, 0) is 9.53 Å². The lowest BCUT2D eigenvalue weighted by Gasteiger charge is -2.26. The molecular formula is C16H22N2O4. The first-order chi connectivity index (χ1) is 10.8. The Morgan fingerprint density at radius 3 is 2.86 bits per heavy atom. The summed E-state index contributed by atoms with van der Waals surface area (Å²) in [6.07, 6.45) is 0.380. The van der Waals surface area contributed by atoms with E-state index in [9.17, 15) is 4.79 Å². The second-order valence-corrected chi connectivity index (χ2v) is 5.44. The zero-order chi connectivity index (χ0) is 15.4. The number of ether oxygens (including phenoxy) is 3. The third-order valence-corrected chi connectivity index (χ3v) is 3.91. The summed E-state index contributed by atoms with van der Waals surface area (Å²) in [5.41, 5.74) is 1.02. The van der Waals surface area contributed by atoms with Gasteiger partial charge in [-0.1, -0.05) is 13.0 Å². The quantitative estimate of drug-likeness (QED) is 0.869. The minimum Gasteiger partial charge on any atom is -0.486 e. The first-order valence-electron chi connectivity index (χ1n) is 7.80. The van der Waals surface area contributed by atoms with E-state index in [1.165, 1.54) is 0 Å². The second kappa shape index (κ2) is 6.98. The molecule has 6 heteroatoms. The van der Waals surface area contributed by atoms with Crippen molar-refractivity contribution in [1.29, 1.82) is 0 Å². The molecule has 1 saturated heterocycles. The first kappa shape index (κ1) is 15.1. The minimum absolute atomic E-state index is 0.0612. The van der Waals surface area contributed by atoms with E-state index in [4.69, 9.17) is 14.2 Å². The maximum absolute atomic E-state index is 12.3. The fourth-order valence-corrected chi connectivity index (χ4v) is 2.70. The zero-order valence-corrected chi connectivity index (χ0v) is 12.8. The lowest BCUT2D eigenvalue weighted by molar-refractivity contribution is -0.135. The van der Waals surface area contributed by atoms with Gasteiger partial charge in [0.15, 0.2) is 11.5 Å². The van der Waals surface area contributed by atoms with Gasteiger partial charge in [-0.3, -0.25) is 4.79 Å². The summed E-state index contributed by atoms with van der Waals surface area (Å²) in [6, 6.07) is 5.76. The molecule has 0 saturated carbocycles. The Labute approximate surface area is 130 Å². The average Bonchev–Trinajstić information content (AvgIpc) is 2.59. The SMILES string of the molecule is CCC(NC(=O)C1CNCCO1)c1ccc2c(c1)OCCO2. The maximum Gasteiger partial charge on any atom is 0.250 e. The van der Waals surface area contributed by atoms with E-state index in [0.717, 1.165) is 30.0 Å². The maximum atomic E-state index is 12.3. The van der Waals surface area contributed by atoms with Gasteiger partial charge in [0, 0.05) is 13.1 Å². The van der Waals surface area contributed by atoms with Crippen LogP contribution < -0.4 is 20.1 Å². The molecule has 2 unspecified atom stereocenters. The van der Waals surface area contributed by atoms with Crippen molar-refractivity contribution in [3.05, 3.63) is 23.8 Å². The molecule has 2 heterocycles. The van der Waals surface area contributed by atoms with Crippen molar-refractivity contribution in [3.63, 3.8) is 0 Å². The Morgan fingerprint density at radius 2 is 2.14 bits per heavy atom. The molecule has 2 N–H and O–H groups in total. The van der Waals surface area contributed by atoms with Gasteiger partial charge < -0.3 is 24.8 Å². The van der Waals surface area contributed by atoms with Crippen LogP contribution in [0.4, 0.5) is 0 Å². The van der Waals surface area contributed by atoms with Crippen LogP contribution in [-0.4, -0.2) is 44.9 Å². The molecule has 6 nitrogen and oxygen atoms in total. The zero-order valence-electron chi connectivity index (χ0n) is 12.8. The van der Waals surface area contributed by atoms with Crippen molar-refractivity contribution >= 4 is 5.91 Å². The fourth-order valence-electron chi connectivity index (χ4n) is 2.70. The summed E-state index contributed by atoms with van der Waals surface area (Å²) in [4.78, 5) is 12.3.